The molecule has 3 nitrogen and oxygen atoms in total. The number of rotatable bonds is 5. The molecule has 0 bridgehead atoms. The Morgan fingerprint density at radius 2 is 1.89 bits per heavy atom. The quantitative estimate of drug-likeness (QED) is 0.499. The normalized spacial score (nSPS) is 10.7. The predicted molar refractivity (Wildman–Crippen MR) is 80.5 cm³/mol. The fourth-order valence-electron chi connectivity index (χ4n) is 1.85. The van der Waals surface area contributed by atoms with E-state index in [2.05, 4.69) is 5.92 Å². The van der Waals surface area contributed by atoms with Crippen LogP contribution in [0.15, 0.2) is 30.3 Å². The Morgan fingerprint density at radius 3 is 2.32 bits per heavy atom. The first kappa shape index (κ1) is 14.8. The van der Waals surface area contributed by atoms with Crippen LogP contribution in [0.1, 0.15) is 19.4 Å². The lowest BCUT2D eigenvalue weighted by Gasteiger charge is -2.23. The number of amidine groups is 1. The molecule has 19 heavy (non-hydrogen) atoms. The van der Waals surface area contributed by atoms with E-state index in [0.717, 1.165) is 30.0 Å². The molecule has 0 radical (unpaired) electrons. The van der Waals surface area contributed by atoms with Crippen molar-refractivity contribution in [1.82, 2.24) is 4.90 Å². The number of benzene rings is 1. The van der Waals surface area contributed by atoms with Gasteiger partial charge in [-0.25, -0.2) is 0 Å². The van der Waals surface area contributed by atoms with E-state index in [0.29, 0.717) is 5.84 Å². The molecule has 0 fully saturated rings. The minimum Gasteiger partial charge on any atom is -0.497 e. The lowest BCUT2D eigenvalue weighted by molar-refractivity contribution is 0.415. The van der Waals surface area contributed by atoms with Gasteiger partial charge in [0.15, 0.2) is 0 Å². The monoisotopic (exact) mass is 256 g/mol. The second-order valence-electron chi connectivity index (χ2n) is 3.97. The highest BCUT2D eigenvalue weighted by Crippen LogP contribution is 2.20. The summed E-state index contributed by atoms with van der Waals surface area (Å²) in [6, 6.07) is 7.57. The zero-order chi connectivity index (χ0) is 14.3. The number of nitrogens with one attached hydrogen (secondary N) is 1. The third kappa shape index (κ3) is 3.62. The van der Waals surface area contributed by atoms with Crippen molar-refractivity contribution in [2.24, 2.45) is 0 Å². The summed E-state index contributed by atoms with van der Waals surface area (Å²) < 4.78 is 5.14. The van der Waals surface area contributed by atoms with E-state index in [1.165, 1.54) is 0 Å². The van der Waals surface area contributed by atoms with Crippen LogP contribution < -0.4 is 4.74 Å². The largest absolute Gasteiger partial charge is 0.497 e. The molecule has 0 aliphatic heterocycles. The fraction of sp³-hybridized carbons (Fsp3) is 0.312. The first-order valence-electron chi connectivity index (χ1n) is 6.32. The number of hydrogen-bond acceptors (Lipinski definition) is 2. The first-order valence-corrected chi connectivity index (χ1v) is 6.32. The lowest BCUT2D eigenvalue weighted by atomic mass is 10.0. The topological polar surface area (TPSA) is 36.3 Å². The van der Waals surface area contributed by atoms with Crippen LogP contribution in [0.4, 0.5) is 0 Å². The predicted octanol–water partition coefficient (Wildman–Crippen LogP) is 3.03. The minimum atomic E-state index is 0.452. The average molecular weight is 256 g/mol. The molecule has 0 heterocycles. The summed E-state index contributed by atoms with van der Waals surface area (Å²) in [5, 5.41) is 8.27. The number of hydrogen-bond donors (Lipinski definition) is 1. The maximum absolute atomic E-state index is 8.27. The molecule has 1 aromatic rings. The van der Waals surface area contributed by atoms with Gasteiger partial charge in [0.2, 0.25) is 0 Å². The maximum Gasteiger partial charge on any atom is 0.129 e. The number of likely N-dealkylation sites (N-methyl/N-ethyl adjacent to an activating group) is 1. The summed E-state index contributed by atoms with van der Waals surface area (Å²) in [7, 11) is 1.63. The van der Waals surface area contributed by atoms with Gasteiger partial charge >= 0.3 is 0 Å². The molecule has 0 atom stereocenters. The zero-order valence-corrected chi connectivity index (χ0v) is 11.7. The highest BCUT2D eigenvalue weighted by atomic mass is 16.5. The van der Waals surface area contributed by atoms with E-state index in [1.807, 2.05) is 43.0 Å². The number of allylic oxidation sites excluding steroid dienone is 1. The summed E-state index contributed by atoms with van der Waals surface area (Å²) in [6.07, 6.45) is 7.02. The number of methoxy groups -OCH3 is 1. The summed E-state index contributed by atoms with van der Waals surface area (Å²) >= 11 is 0. The Morgan fingerprint density at radius 1 is 1.32 bits per heavy atom. The van der Waals surface area contributed by atoms with E-state index >= 15 is 0 Å². The molecule has 0 saturated heterocycles. The van der Waals surface area contributed by atoms with Crippen molar-refractivity contribution in [3.05, 3.63) is 35.9 Å². The fourth-order valence-corrected chi connectivity index (χ4v) is 1.85. The zero-order valence-electron chi connectivity index (χ0n) is 11.7. The molecular weight excluding hydrogens is 236 g/mol. The maximum atomic E-state index is 8.27. The Hall–Kier alpha value is -2.21. The van der Waals surface area contributed by atoms with Crippen LogP contribution in [0.25, 0.3) is 5.57 Å². The molecule has 1 aromatic carbocycles. The van der Waals surface area contributed by atoms with Crippen LogP contribution in [0.2, 0.25) is 0 Å². The molecule has 0 aliphatic rings. The van der Waals surface area contributed by atoms with Crippen LogP contribution in [0.3, 0.4) is 0 Å². The van der Waals surface area contributed by atoms with Gasteiger partial charge in [-0.3, -0.25) is 5.41 Å². The van der Waals surface area contributed by atoms with Crippen molar-refractivity contribution >= 4 is 11.4 Å². The third-order valence-electron chi connectivity index (χ3n) is 2.96. The van der Waals surface area contributed by atoms with Gasteiger partial charge in [0.05, 0.1) is 7.11 Å². The molecule has 0 unspecified atom stereocenters. The van der Waals surface area contributed by atoms with E-state index in [-0.39, 0.29) is 0 Å². The van der Waals surface area contributed by atoms with Gasteiger partial charge in [-0.1, -0.05) is 18.1 Å². The second kappa shape index (κ2) is 7.27. The van der Waals surface area contributed by atoms with Crippen LogP contribution in [0.5, 0.6) is 5.75 Å². The number of ether oxygens (including phenoxy) is 1. The summed E-state index contributed by atoms with van der Waals surface area (Å²) in [4.78, 5) is 1.97. The second-order valence-corrected chi connectivity index (χ2v) is 3.97. The van der Waals surface area contributed by atoms with Crippen molar-refractivity contribution in [2.45, 2.75) is 13.8 Å². The van der Waals surface area contributed by atoms with E-state index in [1.54, 1.807) is 13.2 Å². The molecular formula is C16H20N2O. The summed E-state index contributed by atoms with van der Waals surface area (Å²) in [5.41, 5.74) is 1.68. The van der Waals surface area contributed by atoms with Crippen LogP contribution in [-0.4, -0.2) is 30.9 Å². The Kier molecular flexibility index (Phi) is 5.69. The number of nitrogens with zero attached hydrogens (tertiary/aromatic N) is 1. The summed E-state index contributed by atoms with van der Waals surface area (Å²) in [5.74, 6) is 3.76. The van der Waals surface area contributed by atoms with Gasteiger partial charge in [-0.2, -0.15) is 0 Å². The highest BCUT2D eigenvalue weighted by Gasteiger charge is 2.13. The van der Waals surface area contributed by atoms with Crippen molar-refractivity contribution in [2.75, 3.05) is 20.2 Å². The van der Waals surface area contributed by atoms with Crippen LogP contribution >= 0.6 is 0 Å². The average Bonchev–Trinajstić information content (AvgIpc) is 2.46. The standard InChI is InChI=1S/C16H20N2O/c1-5-8-15(16(17)18(6-2)7-3)13-9-11-14(19-4)12-10-13/h1,8-12,17H,6-7H2,2-4H3/b15-8+,17-16?. The smallest absolute Gasteiger partial charge is 0.129 e. The molecule has 0 spiro atoms. The van der Waals surface area contributed by atoms with Crippen LogP contribution in [-0.2, 0) is 0 Å². The number of terminal acetylenes is 1. The molecule has 1 rings (SSSR count). The highest BCUT2D eigenvalue weighted by molar-refractivity contribution is 6.21. The van der Waals surface area contributed by atoms with Crippen molar-refractivity contribution in [3.63, 3.8) is 0 Å². The summed E-state index contributed by atoms with van der Waals surface area (Å²) in [6.45, 7) is 5.62. The first-order chi connectivity index (χ1) is 9.17. The van der Waals surface area contributed by atoms with Crippen molar-refractivity contribution in [3.8, 4) is 18.1 Å². The Bertz CT molecular complexity index is 490. The van der Waals surface area contributed by atoms with Gasteiger partial charge in [-0.15, -0.1) is 6.42 Å². The molecule has 1 N–H and O–H groups in total. The molecule has 3 heteroatoms. The van der Waals surface area contributed by atoms with Gasteiger partial charge in [0.25, 0.3) is 0 Å². The third-order valence-corrected chi connectivity index (χ3v) is 2.96. The van der Waals surface area contributed by atoms with Gasteiger partial charge in [0, 0.05) is 18.7 Å². The van der Waals surface area contributed by atoms with Crippen LogP contribution in [0, 0.1) is 17.8 Å². The molecule has 0 aromatic heterocycles. The SMILES string of the molecule is C#C/C=C(/C(=N)N(CC)CC)c1ccc(OC)cc1. The van der Waals surface area contributed by atoms with Crippen molar-refractivity contribution < 1.29 is 4.74 Å². The van der Waals surface area contributed by atoms with E-state index < -0.39 is 0 Å². The van der Waals surface area contributed by atoms with E-state index in [9.17, 15) is 0 Å². The molecule has 0 aliphatic carbocycles. The minimum absolute atomic E-state index is 0.452. The van der Waals surface area contributed by atoms with Gasteiger partial charge in [0.1, 0.15) is 11.6 Å². The molecule has 100 valence electrons. The Balaban J connectivity index is 3.11. The van der Waals surface area contributed by atoms with E-state index in [4.69, 9.17) is 16.6 Å². The molecule has 0 amide bonds. The lowest BCUT2D eigenvalue weighted by Crippen LogP contribution is -2.30. The Labute approximate surface area is 115 Å². The molecule has 0 saturated carbocycles. The van der Waals surface area contributed by atoms with Crippen molar-refractivity contribution in [1.29, 1.82) is 5.41 Å². The van der Waals surface area contributed by atoms with Gasteiger partial charge in [-0.05, 0) is 37.6 Å². The van der Waals surface area contributed by atoms with Gasteiger partial charge < -0.3 is 9.64 Å².